The topological polar surface area (TPSA) is 18.8 Å². The van der Waals surface area contributed by atoms with Crippen LogP contribution in [0.4, 0.5) is 21.5 Å². The van der Waals surface area contributed by atoms with Crippen LogP contribution < -0.4 is 4.90 Å². The average Bonchev–Trinajstić information content (AvgIpc) is 2.55. The van der Waals surface area contributed by atoms with E-state index in [1.165, 1.54) is 12.1 Å². The smallest absolute Gasteiger partial charge is 0.123 e. The van der Waals surface area contributed by atoms with Crippen molar-refractivity contribution in [1.29, 1.82) is 0 Å². The maximum Gasteiger partial charge on any atom is 0.123 e. The molecule has 0 aliphatic heterocycles. The number of aliphatic imine (C=N–C) groups is 1. The van der Waals surface area contributed by atoms with E-state index in [2.05, 4.69) is 42.8 Å². The zero-order chi connectivity index (χ0) is 17.0. The summed E-state index contributed by atoms with van der Waals surface area (Å²) in [6.07, 6.45) is 1.85. The number of halogens is 1. The summed E-state index contributed by atoms with van der Waals surface area (Å²) in [5.41, 5.74) is 5.26. The van der Waals surface area contributed by atoms with Gasteiger partial charge in [0.15, 0.2) is 0 Å². The molecule has 2 aromatic carbocycles. The molecule has 0 N–H and O–H groups in total. The number of anilines is 2. The van der Waals surface area contributed by atoms with Crippen molar-refractivity contribution in [2.75, 3.05) is 25.5 Å². The van der Waals surface area contributed by atoms with Crippen molar-refractivity contribution in [3.05, 3.63) is 53.3 Å². The predicted molar refractivity (Wildman–Crippen MR) is 96.8 cm³/mol. The molecule has 0 bridgehead atoms. The third kappa shape index (κ3) is 4.09. The van der Waals surface area contributed by atoms with Gasteiger partial charge in [-0.05, 0) is 68.3 Å². The Kier molecular flexibility index (Phi) is 5.37. The van der Waals surface area contributed by atoms with E-state index in [0.717, 1.165) is 34.7 Å². The van der Waals surface area contributed by atoms with Crippen LogP contribution in [0.1, 0.15) is 18.1 Å². The summed E-state index contributed by atoms with van der Waals surface area (Å²) in [4.78, 5) is 8.65. The van der Waals surface area contributed by atoms with Crippen LogP contribution >= 0.6 is 0 Å². The van der Waals surface area contributed by atoms with E-state index in [4.69, 9.17) is 0 Å². The first-order chi connectivity index (χ1) is 10.9. The molecule has 0 aliphatic rings. The van der Waals surface area contributed by atoms with Gasteiger partial charge in [0.25, 0.3) is 0 Å². The molecular formula is C19H24FN3. The summed E-state index contributed by atoms with van der Waals surface area (Å²) >= 11 is 0. The van der Waals surface area contributed by atoms with Gasteiger partial charge in [0, 0.05) is 32.0 Å². The third-order valence-corrected chi connectivity index (χ3v) is 3.98. The molecule has 0 aliphatic carbocycles. The Balaban J connectivity index is 2.32. The summed E-state index contributed by atoms with van der Waals surface area (Å²) in [5.74, 6) is -0.222. The minimum Gasteiger partial charge on any atom is -0.366 e. The highest BCUT2D eigenvalue weighted by molar-refractivity contribution is 5.71. The Morgan fingerprint density at radius 1 is 1.04 bits per heavy atom. The molecule has 2 aromatic rings. The zero-order valence-corrected chi connectivity index (χ0v) is 14.5. The van der Waals surface area contributed by atoms with E-state index in [1.54, 1.807) is 12.1 Å². The highest BCUT2D eigenvalue weighted by Crippen LogP contribution is 2.32. The number of benzene rings is 2. The molecule has 0 fully saturated rings. The summed E-state index contributed by atoms with van der Waals surface area (Å²) in [6, 6.07) is 10.7. The number of hydrogen-bond donors (Lipinski definition) is 0. The summed E-state index contributed by atoms with van der Waals surface area (Å²) in [5, 5.41) is 0. The lowest BCUT2D eigenvalue weighted by Gasteiger charge is -2.23. The van der Waals surface area contributed by atoms with E-state index in [0.29, 0.717) is 0 Å². The van der Waals surface area contributed by atoms with Crippen molar-refractivity contribution in [2.45, 2.75) is 20.8 Å². The van der Waals surface area contributed by atoms with Crippen LogP contribution in [0, 0.1) is 19.7 Å². The summed E-state index contributed by atoms with van der Waals surface area (Å²) in [7, 11) is 3.99. The predicted octanol–water partition coefficient (Wildman–Crippen LogP) is 4.82. The highest BCUT2D eigenvalue weighted by atomic mass is 19.1. The molecule has 0 unspecified atom stereocenters. The van der Waals surface area contributed by atoms with E-state index >= 15 is 0 Å². The van der Waals surface area contributed by atoms with Crippen LogP contribution in [-0.4, -0.2) is 31.9 Å². The van der Waals surface area contributed by atoms with Crippen molar-refractivity contribution < 1.29 is 4.39 Å². The second-order valence-electron chi connectivity index (χ2n) is 5.78. The van der Waals surface area contributed by atoms with E-state index in [-0.39, 0.29) is 5.82 Å². The van der Waals surface area contributed by atoms with Crippen LogP contribution in [0.25, 0.3) is 0 Å². The fourth-order valence-electron chi connectivity index (χ4n) is 2.33. The second-order valence-corrected chi connectivity index (χ2v) is 5.78. The van der Waals surface area contributed by atoms with Gasteiger partial charge in [0.05, 0.1) is 12.0 Å². The molecule has 3 nitrogen and oxygen atoms in total. The third-order valence-electron chi connectivity index (χ3n) is 3.98. The van der Waals surface area contributed by atoms with Gasteiger partial charge in [-0.2, -0.15) is 0 Å². The maximum atomic E-state index is 13.1. The first kappa shape index (κ1) is 17.0. The molecule has 0 atom stereocenters. The lowest BCUT2D eigenvalue weighted by molar-refractivity contribution is 0.552. The summed E-state index contributed by atoms with van der Waals surface area (Å²) < 4.78 is 13.1. The molecule has 4 heteroatoms. The molecule has 23 heavy (non-hydrogen) atoms. The van der Waals surface area contributed by atoms with E-state index < -0.39 is 0 Å². The van der Waals surface area contributed by atoms with Crippen LogP contribution in [0.15, 0.2) is 41.4 Å². The van der Waals surface area contributed by atoms with Crippen LogP contribution in [0.2, 0.25) is 0 Å². The van der Waals surface area contributed by atoms with Crippen molar-refractivity contribution in [1.82, 2.24) is 4.90 Å². The lowest BCUT2D eigenvalue weighted by atomic mass is 10.1. The SMILES string of the molecule is CCN(C)C=Nc1cc(C)c(N(C)c2ccc(F)cc2)cc1C. The monoisotopic (exact) mass is 313 g/mol. The number of aryl methyl sites for hydroxylation is 2. The van der Waals surface area contributed by atoms with E-state index in [9.17, 15) is 4.39 Å². The first-order valence-corrected chi connectivity index (χ1v) is 7.77. The van der Waals surface area contributed by atoms with Crippen molar-refractivity contribution in [3.63, 3.8) is 0 Å². The zero-order valence-electron chi connectivity index (χ0n) is 14.5. The molecule has 0 amide bonds. The van der Waals surface area contributed by atoms with Gasteiger partial charge in [-0.25, -0.2) is 9.38 Å². The molecular weight excluding hydrogens is 289 g/mol. The highest BCUT2D eigenvalue weighted by Gasteiger charge is 2.10. The molecule has 0 spiro atoms. The molecule has 0 radical (unpaired) electrons. The Bertz CT molecular complexity index is 693. The molecule has 122 valence electrons. The minimum absolute atomic E-state index is 0.222. The van der Waals surface area contributed by atoms with Crippen molar-refractivity contribution in [2.24, 2.45) is 4.99 Å². The van der Waals surface area contributed by atoms with Crippen molar-refractivity contribution in [3.8, 4) is 0 Å². The average molecular weight is 313 g/mol. The Hall–Kier alpha value is -2.36. The van der Waals surface area contributed by atoms with Gasteiger partial charge >= 0.3 is 0 Å². The van der Waals surface area contributed by atoms with Gasteiger partial charge < -0.3 is 9.80 Å². The minimum atomic E-state index is -0.222. The lowest BCUT2D eigenvalue weighted by Crippen LogP contribution is -2.14. The van der Waals surface area contributed by atoms with Crippen LogP contribution in [-0.2, 0) is 0 Å². The van der Waals surface area contributed by atoms with Gasteiger partial charge in [0.2, 0.25) is 0 Å². The fourth-order valence-corrected chi connectivity index (χ4v) is 2.33. The second kappa shape index (κ2) is 7.27. The fraction of sp³-hybridized carbons (Fsp3) is 0.316. The first-order valence-electron chi connectivity index (χ1n) is 7.77. The molecule has 2 rings (SSSR count). The molecule has 0 aromatic heterocycles. The largest absolute Gasteiger partial charge is 0.366 e. The Morgan fingerprint density at radius 3 is 2.30 bits per heavy atom. The van der Waals surface area contributed by atoms with E-state index in [1.807, 2.05) is 25.3 Å². The van der Waals surface area contributed by atoms with Gasteiger partial charge in [-0.1, -0.05) is 0 Å². The molecule has 0 heterocycles. The Morgan fingerprint density at radius 2 is 1.70 bits per heavy atom. The molecule has 0 saturated heterocycles. The number of nitrogens with zero attached hydrogens (tertiary/aromatic N) is 3. The van der Waals surface area contributed by atoms with Crippen LogP contribution in [0.3, 0.4) is 0 Å². The van der Waals surface area contributed by atoms with Crippen LogP contribution in [0.5, 0.6) is 0 Å². The quantitative estimate of drug-likeness (QED) is 0.582. The number of rotatable bonds is 5. The summed E-state index contributed by atoms with van der Waals surface area (Å²) in [6.45, 7) is 7.13. The molecule has 0 saturated carbocycles. The normalized spacial score (nSPS) is 11.0. The number of hydrogen-bond acceptors (Lipinski definition) is 2. The van der Waals surface area contributed by atoms with Gasteiger partial charge in [-0.3, -0.25) is 0 Å². The van der Waals surface area contributed by atoms with Crippen molar-refractivity contribution >= 4 is 23.4 Å². The maximum absolute atomic E-state index is 13.1. The standard InChI is InChI=1S/C19H24FN3/c1-6-22(4)13-21-18-11-15(3)19(12-14(18)2)23(5)17-9-7-16(20)8-10-17/h7-13H,6H2,1-5H3. The Labute approximate surface area is 138 Å². The van der Waals surface area contributed by atoms with Gasteiger partial charge in [0.1, 0.15) is 5.82 Å². The van der Waals surface area contributed by atoms with Gasteiger partial charge in [-0.15, -0.1) is 0 Å².